The van der Waals surface area contributed by atoms with Gasteiger partial charge < -0.3 is 14.8 Å². The highest BCUT2D eigenvalue weighted by atomic mass is 16.5. The molecule has 0 aromatic heterocycles. The monoisotopic (exact) mass is 429 g/mol. The van der Waals surface area contributed by atoms with Gasteiger partial charge in [-0.2, -0.15) is 5.10 Å². The van der Waals surface area contributed by atoms with Crippen molar-refractivity contribution < 1.29 is 19.1 Å². The average Bonchev–Trinajstić information content (AvgIpc) is 2.84. The lowest BCUT2D eigenvalue weighted by Crippen LogP contribution is -2.32. The smallest absolute Gasteiger partial charge is 0.287 e. The zero-order valence-electron chi connectivity index (χ0n) is 17.7. The first kappa shape index (κ1) is 22.3. The van der Waals surface area contributed by atoms with Crippen molar-refractivity contribution in [1.29, 1.82) is 0 Å². The van der Waals surface area contributed by atoms with E-state index in [-0.39, 0.29) is 5.70 Å². The Balaban J connectivity index is 1.86. The molecule has 0 radical (unpaired) electrons. The van der Waals surface area contributed by atoms with Crippen LogP contribution in [0.2, 0.25) is 0 Å². The van der Waals surface area contributed by atoms with Crippen LogP contribution < -0.4 is 20.2 Å². The van der Waals surface area contributed by atoms with Gasteiger partial charge in [0.1, 0.15) is 5.70 Å². The number of carbonyl (C=O) groups excluding carboxylic acids is 2. The van der Waals surface area contributed by atoms with Crippen molar-refractivity contribution in [3.05, 3.63) is 101 Å². The molecular formula is C25H23N3O4. The van der Waals surface area contributed by atoms with Crippen molar-refractivity contribution in [3.63, 3.8) is 0 Å². The van der Waals surface area contributed by atoms with Gasteiger partial charge >= 0.3 is 0 Å². The van der Waals surface area contributed by atoms with Gasteiger partial charge in [-0.3, -0.25) is 9.59 Å². The minimum Gasteiger partial charge on any atom is -0.493 e. The fraction of sp³-hybridized carbons (Fsp3) is 0.0800. The summed E-state index contributed by atoms with van der Waals surface area (Å²) in [5.41, 5.74) is 4.36. The van der Waals surface area contributed by atoms with Crippen molar-refractivity contribution in [2.45, 2.75) is 0 Å². The topological polar surface area (TPSA) is 89.0 Å². The van der Waals surface area contributed by atoms with Gasteiger partial charge in [-0.1, -0.05) is 54.6 Å². The minimum atomic E-state index is -0.573. The highest BCUT2D eigenvalue weighted by Crippen LogP contribution is 2.28. The van der Waals surface area contributed by atoms with Crippen LogP contribution in [0.5, 0.6) is 11.5 Å². The van der Waals surface area contributed by atoms with Crippen molar-refractivity contribution in [2.75, 3.05) is 14.2 Å². The summed E-state index contributed by atoms with van der Waals surface area (Å²) in [6, 6.07) is 23.1. The maximum Gasteiger partial charge on any atom is 0.287 e. The molecule has 3 aromatic carbocycles. The molecule has 2 N–H and O–H groups in total. The molecule has 0 unspecified atom stereocenters. The number of rotatable bonds is 8. The zero-order chi connectivity index (χ0) is 22.8. The molecule has 3 rings (SSSR count). The third-order valence-electron chi connectivity index (χ3n) is 4.43. The molecule has 0 saturated heterocycles. The van der Waals surface area contributed by atoms with Gasteiger partial charge in [0.2, 0.25) is 0 Å². The van der Waals surface area contributed by atoms with Gasteiger partial charge in [0.25, 0.3) is 11.8 Å². The standard InChI is InChI=1S/C25H23N3O4/c1-31-22-14-13-19(16-23(22)32-2)15-21(27-24(29)20-11-7-4-8-12-20)25(30)28-26-17-18-9-5-3-6-10-18/h3-17H,1-2H3,(H,27,29)(H,28,30)/b21-15+,26-17+. The molecule has 0 spiro atoms. The number of benzene rings is 3. The number of hydrogen-bond donors (Lipinski definition) is 2. The number of hydrazone groups is 1. The predicted octanol–water partition coefficient (Wildman–Crippen LogP) is 3.63. The second-order valence-corrected chi connectivity index (χ2v) is 6.60. The van der Waals surface area contributed by atoms with Gasteiger partial charge in [0.05, 0.1) is 20.4 Å². The number of ether oxygens (including phenoxy) is 2. The summed E-state index contributed by atoms with van der Waals surface area (Å²) in [4.78, 5) is 25.5. The molecule has 0 aliphatic heterocycles. The second-order valence-electron chi connectivity index (χ2n) is 6.60. The average molecular weight is 429 g/mol. The predicted molar refractivity (Wildman–Crippen MR) is 124 cm³/mol. The van der Waals surface area contributed by atoms with Crippen LogP contribution in [0.4, 0.5) is 0 Å². The molecule has 0 atom stereocenters. The van der Waals surface area contributed by atoms with E-state index in [1.165, 1.54) is 26.5 Å². The summed E-state index contributed by atoms with van der Waals surface area (Å²) in [6.07, 6.45) is 3.06. The molecule has 7 heteroatoms. The summed E-state index contributed by atoms with van der Waals surface area (Å²) < 4.78 is 10.6. The summed E-state index contributed by atoms with van der Waals surface area (Å²) in [5.74, 6) is 0.0599. The van der Waals surface area contributed by atoms with Gasteiger partial charge in [-0.25, -0.2) is 5.43 Å². The summed E-state index contributed by atoms with van der Waals surface area (Å²) >= 11 is 0. The largest absolute Gasteiger partial charge is 0.493 e. The second kappa shape index (κ2) is 11.1. The highest BCUT2D eigenvalue weighted by molar-refractivity contribution is 6.05. The lowest BCUT2D eigenvalue weighted by molar-refractivity contribution is -0.117. The highest BCUT2D eigenvalue weighted by Gasteiger charge is 2.15. The zero-order valence-corrected chi connectivity index (χ0v) is 17.7. The molecule has 7 nitrogen and oxygen atoms in total. The minimum absolute atomic E-state index is 0.0243. The van der Waals surface area contributed by atoms with Crippen LogP contribution in [-0.4, -0.2) is 32.2 Å². The molecule has 3 aromatic rings. The maximum absolute atomic E-state index is 12.8. The Morgan fingerprint density at radius 3 is 2.12 bits per heavy atom. The van der Waals surface area contributed by atoms with Crippen molar-refractivity contribution in [2.24, 2.45) is 5.10 Å². The van der Waals surface area contributed by atoms with Crippen LogP contribution in [-0.2, 0) is 4.79 Å². The van der Waals surface area contributed by atoms with E-state index in [0.717, 1.165) is 5.56 Å². The van der Waals surface area contributed by atoms with Crippen molar-refractivity contribution in [3.8, 4) is 11.5 Å². The molecule has 32 heavy (non-hydrogen) atoms. The maximum atomic E-state index is 12.8. The quantitative estimate of drug-likeness (QED) is 0.325. The summed E-state index contributed by atoms with van der Waals surface area (Å²) in [6.45, 7) is 0. The summed E-state index contributed by atoms with van der Waals surface area (Å²) in [7, 11) is 3.06. The van der Waals surface area contributed by atoms with E-state index in [2.05, 4.69) is 15.8 Å². The Kier molecular flexibility index (Phi) is 7.75. The van der Waals surface area contributed by atoms with Gasteiger partial charge in [-0.05, 0) is 41.5 Å². The molecule has 0 bridgehead atoms. The summed E-state index contributed by atoms with van der Waals surface area (Å²) in [5, 5.41) is 6.64. The lowest BCUT2D eigenvalue weighted by Gasteiger charge is -2.11. The molecule has 0 saturated carbocycles. The van der Waals surface area contributed by atoms with Crippen LogP contribution in [0.15, 0.2) is 89.7 Å². The lowest BCUT2D eigenvalue weighted by atomic mass is 10.1. The number of nitrogens with zero attached hydrogens (tertiary/aromatic N) is 1. The first-order chi connectivity index (χ1) is 15.6. The molecule has 0 fully saturated rings. The third-order valence-corrected chi connectivity index (χ3v) is 4.43. The molecule has 0 aliphatic carbocycles. The Morgan fingerprint density at radius 1 is 0.812 bits per heavy atom. The number of carbonyl (C=O) groups is 2. The Morgan fingerprint density at radius 2 is 1.47 bits per heavy atom. The molecule has 162 valence electrons. The molecule has 0 aliphatic rings. The van der Waals surface area contributed by atoms with E-state index in [0.29, 0.717) is 22.6 Å². The number of amides is 2. The first-order valence-corrected chi connectivity index (χ1v) is 9.79. The van der Waals surface area contributed by atoms with E-state index < -0.39 is 11.8 Å². The van der Waals surface area contributed by atoms with E-state index in [9.17, 15) is 9.59 Å². The fourth-order valence-electron chi connectivity index (χ4n) is 2.82. The van der Waals surface area contributed by atoms with Crippen molar-refractivity contribution >= 4 is 24.1 Å². The first-order valence-electron chi connectivity index (χ1n) is 9.79. The number of methoxy groups -OCH3 is 2. The van der Waals surface area contributed by atoms with Gasteiger partial charge in [-0.15, -0.1) is 0 Å². The molecule has 0 heterocycles. The van der Waals surface area contributed by atoms with Gasteiger partial charge in [0, 0.05) is 5.56 Å². The van der Waals surface area contributed by atoms with E-state index in [1.807, 2.05) is 36.4 Å². The van der Waals surface area contributed by atoms with Crippen LogP contribution in [0, 0.1) is 0 Å². The van der Waals surface area contributed by atoms with Crippen LogP contribution in [0.3, 0.4) is 0 Å². The van der Waals surface area contributed by atoms with E-state index in [4.69, 9.17) is 9.47 Å². The normalized spacial score (nSPS) is 11.1. The van der Waals surface area contributed by atoms with E-state index >= 15 is 0 Å². The van der Waals surface area contributed by atoms with Crippen LogP contribution >= 0.6 is 0 Å². The molecule has 2 amide bonds. The Hall–Kier alpha value is -4.39. The van der Waals surface area contributed by atoms with Crippen LogP contribution in [0.1, 0.15) is 21.5 Å². The third kappa shape index (κ3) is 6.06. The van der Waals surface area contributed by atoms with Gasteiger partial charge in [0.15, 0.2) is 11.5 Å². The fourth-order valence-corrected chi connectivity index (χ4v) is 2.82. The van der Waals surface area contributed by atoms with Crippen LogP contribution in [0.25, 0.3) is 6.08 Å². The Bertz CT molecular complexity index is 1130. The van der Waals surface area contributed by atoms with Crippen molar-refractivity contribution in [1.82, 2.24) is 10.7 Å². The Labute approximate surface area is 186 Å². The molecular weight excluding hydrogens is 406 g/mol. The number of nitrogens with one attached hydrogen (secondary N) is 2. The SMILES string of the molecule is COc1ccc(/C=C(/NC(=O)c2ccccc2)C(=O)N/N=C/c2ccccc2)cc1OC. The van der Waals surface area contributed by atoms with E-state index in [1.54, 1.807) is 42.5 Å². The number of hydrogen-bond acceptors (Lipinski definition) is 5.